The average molecular weight is 419 g/mol. The van der Waals surface area contributed by atoms with Crippen LogP contribution in [0.2, 0.25) is 0 Å². The number of benzene rings is 3. The van der Waals surface area contributed by atoms with E-state index in [1.807, 2.05) is 78.9 Å². The summed E-state index contributed by atoms with van der Waals surface area (Å²) in [6, 6.07) is 24.9. The molecule has 0 bridgehead atoms. The van der Waals surface area contributed by atoms with E-state index in [9.17, 15) is 9.59 Å². The van der Waals surface area contributed by atoms with Gasteiger partial charge < -0.3 is 10.1 Å². The predicted octanol–water partition coefficient (Wildman–Crippen LogP) is 4.66. The second-order valence-corrected chi connectivity index (χ2v) is 8.03. The first-order chi connectivity index (χ1) is 14.6. The molecule has 0 aliphatic carbocycles. The van der Waals surface area contributed by atoms with Gasteiger partial charge in [0.05, 0.1) is 19.3 Å². The number of hydrogen-bond donors (Lipinski definition) is 1. The zero-order chi connectivity index (χ0) is 20.9. The highest BCUT2D eigenvalue weighted by atomic mass is 32.2. The number of nitrogens with one attached hydrogen (secondary N) is 1. The summed E-state index contributed by atoms with van der Waals surface area (Å²) in [5.74, 6) is 1.15. The zero-order valence-corrected chi connectivity index (χ0v) is 17.4. The fraction of sp³-hybridized carbons (Fsp3) is 0.167. The van der Waals surface area contributed by atoms with Crippen LogP contribution in [0.5, 0.6) is 5.75 Å². The number of methoxy groups -OCH3 is 1. The molecular weight excluding hydrogens is 396 g/mol. The third-order valence-corrected chi connectivity index (χ3v) is 6.10. The number of carbonyl (C=O) groups is 2. The number of carbonyl (C=O) groups excluding carboxylic acids is 2. The topological polar surface area (TPSA) is 58.6 Å². The van der Waals surface area contributed by atoms with Gasteiger partial charge in [-0.15, -0.1) is 11.8 Å². The van der Waals surface area contributed by atoms with Crippen molar-refractivity contribution in [1.82, 2.24) is 0 Å². The molecule has 0 aromatic heterocycles. The fourth-order valence-electron chi connectivity index (χ4n) is 3.43. The lowest BCUT2D eigenvalue weighted by atomic mass is 10.1. The Balaban J connectivity index is 1.47. The van der Waals surface area contributed by atoms with Crippen molar-refractivity contribution in [1.29, 1.82) is 0 Å². The number of anilines is 2. The van der Waals surface area contributed by atoms with Crippen LogP contribution in [-0.4, -0.2) is 24.7 Å². The summed E-state index contributed by atoms with van der Waals surface area (Å²) in [7, 11) is 1.61. The van der Waals surface area contributed by atoms with Crippen molar-refractivity contribution >= 4 is 35.0 Å². The molecular formula is C24H22N2O3S. The SMILES string of the molecule is COc1cccc(N2C(=O)CSC2c2ccc(NC(=O)Cc3ccccc3)cc2)c1. The minimum absolute atomic E-state index is 0.0580. The molecule has 1 fully saturated rings. The van der Waals surface area contributed by atoms with Gasteiger partial charge in [-0.2, -0.15) is 0 Å². The molecule has 3 aromatic rings. The Morgan fingerprint density at radius 2 is 1.83 bits per heavy atom. The van der Waals surface area contributed by atoms with Crippen LogP contribution in [0, 0.1) is 0 Å². The van der Waals surface area contributed by atoms with Gasteiger partial charge >= 0.3 is 0 Å². The number of nitrogens with zero attached hydrogens (tertiary/aromatic N) is 1. The van der Waals surface area contributed by atoms with E-state index in [1.165, 1.54) is 0 Å². The van der Waals surface area contributed by atoms with E-state index in [2.05, 4.69) is 5.32 Å². The molecule has 1 saturated heterocycles. The van der Waals surface area contributed by atoms with Crippen LogP contribution >= 0.6 is 11.8 Å². The quantitative estimate of drug-likeness (QED) is 0.633. The summed E-state index contributed by atoms with van der Waals surface area (Å²) in [4.78, 5) is 26.6. The Bertz CT molecular complexity index is 1040. The highest BCUT2D eigenvalue weighted by molar-refractivity contribution is 8.00. The largest absolute Gasteiger partial charge is 0.497 e. The van der Waals surface area contributed by atoms with Crippen LogP contribution in [0.3, 0.4) is 0 Å². The molecule has 30 heavy (non-hydrogen) atoms. The molecule has 0 saturated carbocycles. The third kappa shape index (κ3) is 4.49. The summed E-state index contributed by atoms with van der Waals surface area (Å²) in [5, 5.41) is 2.82. The Morgan fingerprint density at radius 1 is 1.07 bits per heavy atom. The normalized spacial score (nSPS) is 15.8. The van der Waals surface area contributed by atoms with Crippen LogP contribution in [-0.2, 0) is 16.0 Å². The molecule has 1 atom stereocenters. The molecule has 1 aliphatic rings. The van der Waals surface area contributed by atoms with E-state index in [4.69, 9.17) is 4.74 Å². The standard InChI is InChI=1S/C24H22N2O3S/c1-29-21-9-5-8-20(15-21)26-23(28)16-30-24(26)18-10-12-19(13-11-18)25-22(27)14-17-6-3-2-4-7-17/h2-13,15,24H,14,16H2,1H3,(H,25,27). The molecule has 4 rings (SSSR count). The summed E-state index contributed by atoms with van der Waals surface area (Å²) in [6.45, 7) is 0. The maximum absolute atomic E-state index is 12.6. The molecule has 3 aromatic carbocycles. The maximum Gasteiger partial charge on any atom is 0.238 e. The Kier molecular flexibility index (Phi) is 6.05. The molecule has 1 N–H and O–H groups in total. The maximum atomic E-state index is 12.6. The van der Waals surface area contributed by atoms with Crippen LogP contribution in [0.4, 0.5) is 11.4 Å². The van der Waals surface area contributed by atoms with Gasteiger partial charge in [-0.1, -0.05) is 48.5 Å². The lowest BCUT2D eigenvalue weighted by Crippen LogP contribution is -2.27. The van der Waals surface area contributed by atoms with Gasteiger partial charge in [-0.05, 0) is 35.4 Å². The average Bonchev–Trinajstić information content (AvgIpc) is 3.16. The molecule has 5 nitrogen and oxygen atoms in total. The van der Waals surface area contributed by atoms with Crippen LogP contribution < -0.4 is 15.0 Å². The molecule has 0 radical (unpaired) electrons. The molecule has 6 heteroatoms. The van der Waals surface area contributed by atoms with Crippen molar-refractivity contribution in [3.05, 3.63) is 90.0 Å². The van der Waals surface area contributed by atoms with Gasteiger partial charge in [0.1, 0.15) is 11.1 Å². The van der Waals surface area contributed by atoms with Crippen LogP contribution in [0.25, 0.3) is 0 Å². The zero-order valence-electron chi connectivity index (χ0n) is 16.6. The van der Waals surface area contributed by atoms with E-state index >= 15 is 0 Å². The number of hydrogen-bond acceptors (Lipinski definition) is 4. The third-order valence-electron chi connectivity index (χ3n) is 4.89. The van der Waals surface area contributed by atoms with Gasteiger partial charge in [0.15, 0.2) is 0 Å². The van der Waals surface area contributed by atoms with Gasteiger partial charge in [-0.25, -0.2) is 0 Å². The summed E-state index contributed by atoms with van der Waals surface area (Å²) in [5.41, 5.74) is 3.53. The Hall–Kier alpha value is -3.25. The minimum atomic E-state index is -0.112. The van der Waals surface area contributed by atoms with E-state index in [-0.39, 0.29) is 17.2 Å². The molecule has 152 valence electrons. The number of ether oxygens (including phenoxy) is 1. The van der Waals surface area contributed by atoms with Crippen LogP contribution in [0.15, 0.2) is 78.9 Å². The lowest BCUT2D eigenvalue weighted by molar-refractivity contribution is -0.116. The monoisotopic (exact) mass is 418 g/mol. The van der Waals surface area contributed by atoms with Crippen LogP contribution in [0.1, 0.15) is 16.5 Å². The van der Waals surface area contributed by atoms with Gasteiger partial charge in [0.25, 0.3) is 0 Å². The smallest absolute Gasteiger partial charge is 0.238 e. The number of rotatable bonds is 6. The molecule has 0 spiro atoms. The second-order valence-electron chi connectivity index (χ2n) is 6.96. The molecule has 2 amide bonds. The van der Waals surface area contributed by atoms with Gasteiger partial charge in [-0.3, -0.25) is 14.5 Å². The van der Waals surface area contributed by atoms with E-state index < -0.39 is 0 Å². The molecule has 1 heterocycles. The summed E-state index contributed by atoms with van der Waals surface area (Å²) in [6.07, 6.45) is 0.333. The van der Waals surface area contributed by atoms with Crippen molar-refractivity contribution in [2.45, 2.75) is 11.8 Å². The first kappa shape index (κ1) is 20.0. The Morgan fingerprint density at radius 3 is 2.57 bits per heavy atom. The van der Waals surface area contributed by atoms with E-state index in [1.54, 1.807) is 23.8 Å². The number of thioether (sulfide) groups is 1. The van der Waals surface area contributed by atoms with Crippen molar-refractivity contribution in [2.75, 3.05) is 23.1 Å². The first-order valence-corrected chi connectivity index (χ1v) is 10.7. The molecule has 1 aliphatic heterocycles. The Labute approximate surface area is 180 Å². The van der Waals surface area contributed by atoms with Crippen molar-refractivity contribution < 1.29 is 14.3 Å². The van der Waals surface area contributed by atoms with Gasteiger partial charge in [0.2, 0.25) is 11.8 Å². The summed E-state index contributed by atoms with van der Waals surface area (Å²) < 4.78 is 5.30. The van der Waals surface area contributed by atoms with E-state index in [0.29, 0.717) is 17.9 Å². The number of amides is 2. The minimum Gasteiger partial charge on any atom is -0.497 e. The van der Waals surface area contributed by atoms with Crippen molar-refractivity contribution in [2.24, 2.45) is 0 Å². The first-order valence-electron chi connectivity index (χ1n) is 9.65. The predicted molar refractivity (Wildman–Crippen MR) is 121 cm³/mol. The highest BCUT2D eigenvalue weighted by Gasteiger charge is 2.34. The molecule has 1 unspecified atom stereocenters. The lowest BCUT2D eigenvalue weighted by Gasteiger charge is -2.25. The van der Waals surface area contributed by atoms with Crippen molar-refractivity contribution in [3.8, 4) is 5.75 Å². The van der Waals surface area contributed by atoms with Gasteiger partial charge in [0, 0.05) is 17.4 Å². The van der Waals surface area contributed by atoms with E-state index in [0.717, 1.165) is 22.5 Å². The fourth-order valence-corrected chi connectivity index (χ4v) is 4.61. The second kappa shape index (κ2) is 9.05. The van der Waals surface area contributed by atoms with Crippen molar-refractivity contribution in [3.63, 3.8) is 0 Å². The highest BCUT2D eigenvalue weighted by Crippen LogP contribution is 2.42. The summed E-state index contributed by atoms with van der Waals surface area (Å²) >= 11 is 1.59.